The Balaban J connectivity index is 0.000000320. The fourth-order valence-corrected chi connectivity index (χ4v) is 3.68. The third kappa shape index (κ3) is 7.75. The van der Waals surface area contributed by atoms with E-state index in [1.54, 1.807) is 55.4 Å². The highest BCUT2D eigenvalue weighted by atomic mass is 16.6. The van der Waals surface area contributed by atoms with Gasteiger partial charge in [-0.15, -0.1) is 0 Å². The zero-order chi connectivity index (χ0) is 25.1. The summed E-state index contributed by atoms with van der Waals surface area (Å²) >= 11 is 0. The summed E-state index contributed by atoms with van der Waals surface area (Å²) in [5, 5.41) is 38.3. The monoisotopic (exact) mass is 462 g/mol. The first-order valence-corrected chi connectivity index (χ1v) is 11.0. The van der Waals surface area contributed by atoms with E-state index in [-0.39, 0.29) is 13.2 Å². The Hall–Kier alpha value is -1.62. The molecule has 32 heavy (non-hydrogen) atoms. The van der Waals surface area contributed by atoms with Gasteiger partial charge in [0.2, 0.25) is 0 Å². The van der Waals surface area contributed by atoms with Crippen LogP contribution in [0.3, 0.4) is 0 Å². The van der Waals surface area contributed by atoms with Gasteiger partial charge in [-0.05, 0) is 68.2 Å². The van der Waals surface area contributed by atoms with Crippen molar-refractivity contribution in [1.82, 2.24) is 9.80 Å². The van der Waals surface area contributed by atoms with Crippen LogP contribution in [0.1, 0.15) is 68.2 Å². The average Bonchev–Trinajstić information content (AvgIpc) is 3.06. The second-order valence-electron chi connectivity index (χ2n) is 11.0. The van der Waals surface area contributed by atoms with Gasteiger partial charge in [0.15, 0.2) is 0 Å². The van der Waals surface area contributed by atoms with Gasteiger partial charge in [0.1, 0.15) is 11.2 Å². The summed E-state index contributed by atoms with van der Waals surface area (Å²) in [7, 11) is 0. The minimum Gasteiger partial charge on any atom is -0.444 e. The van der Waals surface area contributed by atoms with Crippen LogP contribution in [-0.4, -0.2) is 103 Å². The number of aliphatic hydroxyl groups is 4. The van der Waals surface area contributed by atoms with Crippen molar-refractivity contribution in [1.29, 1.82) is 0 Å². The number of aliphatic hydroxyl groups excluding tert-OH is 2. The molecule has 0 spiro atoms. The van der Waals surface area contributed by atoms with E-state index < -0.39 is 46.7 Å². The molecule has 2 rings (SSSR count). The van der Waals surface area contributed by atoms with Crippen molar-refractivity contribution < 1.29 is 39.5 Å². The first-order chi connectivity index (χ1) is 14.3. The zero-order valence-corrected chi connectivity index (χ0v) is 20.7. The Kier molecular flexibility index (Phi) is 8.98. The van der Waals surface area contributed by atoms with E-state index >= 15 is 0 Å². The van der Waals surface area contributed by atoms with Gasteiger partial charge in [-0.3, -0.25) is 9.80 Å². The summed E-state index contributed by atoms with van der Waals surface area (Å²) in [5.74, 6) is 0. The van der Waals surface area contributed by atoms with Crippen LogP contribution in [0.5, 0.6) is 0 Å². The van der Waals surface area contributed by atoms with Crippen LogP contribution in [0.2, 0.25) is 0 Å². The number of carbonyl (C=O) groups excluding carboxylic acids is 2. The molecule has 2 aliphatic heterocycles. The van der Waals surface area contributed by atoms with E-state index in [9.17, 15) is 30.0 Å². The van der Waals surface area contributed by atoms with Crippen LogP contribution < -0.4 is 0 Å². The third-order valence-electron chi connectivity index (χ3n) is 5.51. The molecule has 0 radical (unpaired) electrons. The second kappa shape index (κ2) is 10.1. The van der Waals surface area contributed by atoms with Gasteiger partial charge in [-0.25, -0.2) is 9.59 Å². The lowest BCUT2D eigenvalue weighted by molar-refractivity contribution is -0.0219. The van der Waals surface area contributed by atoms with Crippen LogP contribution in [0.25, 0.3) is 0 Å². The molecule has 10 nitrogen and oxygen atoms in total. The van der Waals surface area contributed by atoms with E-state index in [0.717, 1.165) is 0 Å². The molecule has 0 aliphatic carbocycles. The first kappa shape index (κ1) is 28.4. The molecule has 0 aromatic carbocycles. The molecule has 0 saturated carbocycles. The molecule has 2 heterocycles. The first-order valence-electron chi connectivity index (χ1n) is 11.0. The van der Waals surface area contributed by atoms with Crippen molar-refractivity contribution in [2.75, 3.05) is 26.3 Å². The fraction of sp³-hybridized carbons (Fsp3) is 0.909. The molecule has 2 amide bonds. The van der Waals surface area contributed by atoms with Crippen molar-refractivity contribution >= 4 is 12.2 Å². The van der Waals surface area contributed by atoms with Crippen molar-refractivity contribution in [3.05, 3.63) is 0 Å². The number of hydrogen-bond acceptors (Lipinski definition) is 8. The quantitative estimate of drug-likeness (QED) is 0.484. The summed E-state index contributed by atoms with van der Waals surface area (Å²) in [6, 6.07) is -1.16. The van der Waals surface area contributed by atoms with Gasteiger partial charge >= 0.3 is 12.2 Å². The van der Waals surface area contributed by atoms with Gasteiger partial charge in [0.05, 0.1) is 36.5 Å². The van der Waals surface area contributed by atoms with Crippen molar-refractivity contribution in [2.24, 2.45) is 0 Å². The van der Waals surface area contributed by atoms with Crippen LogP contribution in [0.15, 0.2) is 0 Å². The highest BCUT2D eigenvalue weighted by Gasteiger charge is 2.46. The van der Waals surface area contributed by atoms with Crippen LogP contribution in [0, 0.1) is 0 Å². The number of hydrogen-bond donors (Lipinski definition) is 4. The van der Waals surface area contributed by atoms with E-state index in [4.69, 9.17) is 9.47 Å². The Labute approximate surface area is 191 Å². The summed E-state index contributed by atoms with van der Waals surface area (Å²) in [5.41, 5.74) is -3.20. The predicted molar refractivity (Wildman–Crippen MR) is 118 cm³/mol. The number of amides is 2. The Bertz CT molecular complexity index is 595. The Morgan fingerprint density at radius 3 is 1.28 bits per heavy atom. The summed E-state index contributed by atoms with van der Waals surface area (Å²) in [6.45, 7) is 14.3. The molecule has 0 aromatic heterocycles. The third-order valence-corrected chi connectivity index (χ3v) is 5.51. The normalized spacial score (nSPS) is 30.6. The standard InChI is InChI=1S/2C11H21NO4/c2*1-10(2,3)16-9(14)12-6-5-11(4,15)8(12)7-13/h2*8,13,15H,5-7H2,1-4H3/t2*8-,11+/m10/s1. The molecule has 2 fully saturated rings. The lowest BCUT2D eigenvalue weighted by Crippen LogP contribution is -2.48. The summed E-state index contributed by atoms with van der Waals surface area (Å²) < 4.78 is 10.4. The van der Waals surface area contributed by atoms with Gasteiger partial charge in [-0.2, -0.15) is 0 Å². The minimum atomic E-state index is -1.04. The van der Waals surface area contributed by atoms with Gasteiger partial charge in [0.25, 0.3) is 0 Å². The molecule has 0 unspecified atom stereocenters. The SMILES string of the molecule is CC(C)(C)OC(=O)N1CC[C@@](C)(O)[C@@H]1CO.CC(C)(C)OC(=O)N1CC[C@](C)(O)[C@H]1CO. The molecule has 4 N–H and O–H groups in total. The molecule has 2 saturated heterocycles. The second-order valence-corrected chi connectivity index (χ2v) is 11.0. The molecule has 10 heteroatoms. The molecule has 0 bridgehead atoms. The summed E-state index contributed by atoms with van der Waals surface area (Å²) in [4.78, 5) is 26.4. The average molecular weight is 463 g/mol. The number of rotatable bonds is 2. The lowest BCUT2D eigenvalue weighted by atomic mass is 9.98. The Morgan fingerprint density at radius 1 is 0.781 bits per heavy atom. The van der Waals surface area contributed by atoms with E-state index in [0.29, 0.717) is 25.9 Å². The van der Waals surface area contributed by atoms with Crippen molar-refractivity contribution in [2.45, 2.75) is 103 Å². The van der Waals surface area contributed by atoms with Crippen molar-refractivity contribution in [3.8, 4) is 0 Å². The molecular weight excluding hydrogens is 420 g/mol. The van der Waals surface area contributed by atoms with Gasteiger partial charge in [0, 0.05) is 13.1 Å². The fourth-order valence-electron chi connectivity index (χ4n) is 3.68. The topological polar surface area (TPSA) is 140 Å². The van der Waals surface area contributed by atoms with Gasteiger partial charge in [-0.1, -0.05) is 0 Å². The zero-order valence-electron chi connectivity index (χ0n) is 20.7. The van der Waals surface area contributed by atoms with Crippen LogP contribution >= 0.6 is 0 Å². The smallest absolute Gasteiger partial charge is 0.410 e. The Morgan fingerprint density at radius 2 is 1.06 bits per heavy atom. The number of nitrogens with zero attached hydrogens (tertiary/aromatic N) is 2. The van der Waals surface area contributed by atoms with Gasteiger partial charge < -0.3 is 29.9 Å². The van der Waals surface area contributed by atoms with Crippen LogP contribution in [-0.2, 0) is 9.47 Å². The molecule has 4 atom stereocenters. The maximum atomic E-state index is 11.8. The van der Waals surface area contributed by atoms with Crippen molar-refractivity contribution in [3.63, 3.8) is 0 Å². The molecule has 188 valence electrons. The van der Waals surface area contributed by atoms with E-state index in [1.807, 2.05) is 0 Å². The largest absolute Gasteiger partial charge is 0.444 e. The molecule has 0 aromatic rings. The number of likely N-dealkylation sites (tertiary alicyclic amines) is 2. The highest BCUT2D eigenvalue weighted by Crippen LogP contribution is 2.30. The van der Waals surface area contributed by atoms with E-state index in [1.165, 1.54) is 9.80 Å². The number of carbonyl (C=O) groups is 2. The predicted octanol–water partition coefficient (Wildman–Crippen LogP) is 1.48. The number of ether oxygens (including phenoxy) is 2. The highest BCUT2D eigenvalue weighted by molar-refractivity contribution is 5.69. The lowest BCUT2D eigenvalue weighted by Gasteiger charge is -2.31. The maximum Gasteiger partial charge on any atom is 0.410 e. The minimum absolute atomic E-state index is 0.258. The molecule has 2 aliphatic rings. The maximum absolute atomic E-state index is 11.8. The summed E-state index contributed by atoms with van der Waals surface area (Å²) in [6.07, 6.45) is -0.0526. The van der Waals surface area contributed by atoms with E-state index in [2.05, 4.69) is 0 Å². The van der Waals surface area contributed by atoms with Crippen LogP contribution in [0.4, 0.5) is 9.59 Å². The molecular formula is C22H42N2O8.